The van der Waals surface area contributed by atoms with Crippen LogP contribution in [0, 0.1) is 0 Å². The molecule has 0 radical (unpaired) electrons. The van der Waals surface area contributed by atoms with Crippen LogP contribution < -0.4 is 5.32 Å². The topological polar surface area (TPSA) is 40.1 Å². The lowest BCUT2D eigenvalue weighted by atomic mass is 10.1. The second-order valence-corrected chi connectivity index (χ2v) is 7.04. The van der Waals surface area contributed by atoms with Crippen LogP contribution in [0.3, 0.4) is 0 Å². The predicted molar refractivity (Wildman–Crippen MR) is 98.3 cm³/mol. The Hall–Kier alpha value is -1.11. The van der Waals surface area contributed by atoms with Crippen molar-refractivity contribution in [2.75, 3.05) is 47.4 Å². The van der Waals surface area contributed by atoms with Gasteiger partial charge in [0.1, 0.15) is 0 Å². The number of thiophene rings is 1. The molecule has 2 rings (SSSR count). The number of hydrogen-bond acceptors (Lipinski definition) is 4. The van der Waals surface area contributed by atoms with Gasteiger partial charge in [-0.1, -0.05) is 6.07 Å². The monoisotopic (exact) mass is 338 g/mol. The maximum atomic E-state index is 5.73. The number of hydrogen-bond donors (Lipinski definition) is 1. The smallest absolute Gasteiger partial charge is 0.193 e. The number of likely N-dealkylation sites (N-methyl/N-ethyl adjacent to an activating group) is 1. The summed E-state index contributed by atoms with van der Waals surface area (Å²) in [6.45, 7) is 5.76. The van der Waals surface area contributed by atoms with Crippen LogP contribution in [0.2, 0.25) is 0 Å². The molecule has 1 aromatic rings. The summed E-state index contributed by atoms with van der Waals surface area (Å²) in [7, 11) is 6.12. The molecule has 1 fully saturated rings. The number of guanidine groups is 1. The molecule has 1 aromatic heterocycles. The summed E-state index contributed by atoms with van der Waals surface area (Å²) < 4.78 is 5.73. The van der Waals surface area contributed by atoms with Gasteiger partial charge in [-0.15, -0.1) is 11.3 Å². The van der Waals surface area contributed by atoms with Gasteiger partial charge >= 0.3 is 0 Å². The van der Waals surface area contributed by atoms with Crippen LogP contribution >= 0.6 is 11.3 Å². The maximum Gasteiger partial charge on any atom is 0.193 e. The number of piperidine rings is 1. The van der Waals surface area contributed by atoms with E-state index in [1.54, 1.807) is 0 Å². The lowest BCUT2D eigenvalue weighted by Gasteiger charge is -2.35. The zero-order chi connectivity index (χ0) is 16.7. The first-order valence-corrected chi connectivity index (χ1v) is 9.30. The summed E-state index contributed by atoms with van der Waals surface area (Å²) >= 11 is 1.81. The molecule has 130 valence electrons. The standard InChI is InChI=1S/C17H30N4OS/c1-5-22-14-8-10-21(11-9-14)17(18-2)19-13-15(20(3)4)16-7-6-12-23-16/h6-7,12,14-15H,5,8-11,13H2,1-4H3,(H,18,19). The fraction of sp³-hybridized carbons (Fsp3) is 0.706. The largest absolute Gasteiger partial charge is 0.378 e. The Morgan fingerprint density at radius 2 is 2.22 bits per heavy atom. The molecule has 1 N–H and O–H groups in total. The Kier molecular flexibility index (Phi) is 7.33. The summed E-state index contributed by atoms with van der Waals surface area (Å²) in [4.78, 5) is 10.5. The highest BCUT2D eigenvalue weighted by Crippen LogP contribution is 2.22. The van der Waals surface area contributed by atoms with Gasteiger partial charge in [0.25, 0.3) is 0 Å². The van der Waals surface area contributed by atoms with Crippen LogP contribution in [0.15, 0.2) is 22.5 Å². The van der Waals surface area contributed by atoms with E-state index >= 15 is 0 Å². The summed E-state index contributed by atoms with van der Waals surface area (Å²) in [5.74, 6) is 1.00. The number of likely N-dealkylation sites (tertiary alicyclic amines) is 1. The van der Waals surface area contributed by atoms with Crippen molar-refractivity contribution in [3.05, 3.63) is 22.4 Å². The number of ether oxygens (including phenoxy) is 1. The van der Waals surface area contributed by atoms with Crippen LogP contribution in [0.1, 0.15) is 30.7 Å². The zero-order valence-corrected chi connectivity index (χ0v) is 15.6. The molecule has 0 aliphatic carbocycles. The van der Waals surface area contributed by atoms with Gasteiger partial charge in [0.15, 0.2) is 5.96 Å². The van der Waals surface area contributed by atoms with Crippen molar-refractivity contribution in [2.45, 2.75) is 31.9 Å². The molecule has 0 spiro atoms. The predicted octanol–water partition coefficient (Wildman–Crippen LogP) is 2.43. The molecule has 0 saturated carbocycles. The lowest BCUT2D eigenvalue weighted by Crippen LogP contribution is -2.48. The summed E-state index contributed by atoms with van der Waals surface area (Å²) in [5.41, 5.74) is 0. The Morgan fingerprint density at radius 3 is 2.74 bits per heavy atom. The Bertz CT molecular complexity index is 467. The van der Waals surface area contributed by atoms with Crippen LogP contribution in [-0.2, 0) is 4.74 Å². The van der Waals surface area contributed by atoms with Crippen molar-refractivity contribution in [2.24, 2.45) is 4.99 Å². The Balaban J connectivity index is 1.87. The third kappa shape index (κ3) is 5.19. The van der Waals surface area contributed by atoms with E-state index in [-0.39, 0.29) is 0 Å². The normalized spacial score (nSPS) is 18.5. The van der Waals surface area contributed by atoms with Gasteiger partial charge in [0.2, 0.25) is 0 Å². The molecule has 6 heteroatoms. The molecular weight excluding hydrogens is 308 g/mol. The molecule has 1 aliphatic heterocycles. The molecule has 0 aromatic carbocycles. The van der Waals surface area contributed by atoms with E-state index in [1.807, 2.05) is 18.4 Å². The quantitative estimate of drug-likeness (QED) is 0.639. The molecule has 0 amide bonds. The van der Waals surface area contributed by atoms with E-state index in [9.17, 15) is 0 Å². The van der Waals surface area contributed by atoms with E-state index in [0.29, 0.717) is 12.1 Å². The average Bonchev–Trinajstić information content (AvgIpc) is 3.06. The number of nitrogens with one attached hydrogen (secondary N) is 1. The first-order valence-electron chi connectivity index (χ1n) is 8.42. The third-order valence-corrected chi connectivity index (χ3v) is 5.28. The van der Waals surface area contributed by atoms with Crippen molar-refractivity contribution in [1.29, 1.82) is 0 Å². The minimum absolute atomic E-state index is 0.368. The van der Waals surface area contributed by atoms with Gasteiger partial charge in [-0.3, -0.25) is 4.99 Å². The van der Waals surface area contributed by atoms with E-state index in [1.165, 1.54) is 4.88 Å². The van der Waals surface area contributed by atoms with Gasteiger partial charge in [0, 0.05) is 38.2 Å². The van der Waals surface area contributed by atoms with Gasteiger partial charge in [-0.2, -0.15) is 0 Å². The number of rotatable bonds is 6. The SMILES string of the molecule is CCOC1CCN(C(=NC)NCC(c2cccs2)N(C)C)CC1. The highest BCUT2D eigenvalue weighted by atomic mass is 32.1. The highest BCUT2D eigenvalue weighted by molar-refractivity contribution is 7.10. The average molecular weight is 339 g/mol. The van der Waals surface area contributed by atoms with Crippen LogP contribution in [0.25, 0.3) is 0 Å². The Labute approximate surface area is 144 Å². The van der Waals surface area contributed by atoms with E-state index in [0.717, 1.165) is 45.0 Å². The highest BCUT2D eigenvalue weighted by Gasteiger charge is 2.23. The van der Waals surface area contributed by atoms with E-state index < -0.39 is 0 Å². The van der Waals surface area contributed by atoms with Gasteiger partial charge in [-0.05, 0) is 45.3 Å². The van der Waals surface area contributed by atoms with Gasteiger partial charge in [-0.25, -0.2) is 0 Å². The molecule has 5 nitrogen and oxygen atoms in total. The third-order valence-electron chi connectivity index (χ3n) is 4.30. The Morgan fingerprint density at radius 1 is 1.48 bits per heavy atom. The molecule has 1 saturated heterocycles. The van der Waals surface area contributed by atoms with Crippen LogP contribution in [0.5, 0.6) is 0 Å². The number of nitrogens with zero attached hydrogens (tertiary/aromatic N) is 3. The van der Waals surface area contributed by atoms with Crippen LogP contribution in [-0.4, -0.2) is 69.2 Å². The summed E-state index contributed by atoms with van der Waals surface area (Å²) in [6.07, 6.45) is 2.57. The number of aliphatic imine (C=N–C) groups is 1. The van der Waals surface area contributed by atoms with Crippen molar-refractivity contribution < 1.29 is 4.74 Å². The fourth-order valence-corrected chi connectivity index (χ4v) is 3.93. The van der Waals surface area contributed by atoms with Gasteiger partial charge < -0.3 is 19.9 Å². The minimum atomic E-state index is 0.368. The summed E-state index contributed by atoms with van der Waals surface area (Å²) in [5, 5.41) is 5.69. The first kappa shape index (κ1) is 18.2. The van der Waals surface area contributed by atoms with Crippen molar-refractivity contribution in [1.82, 2.24) is 15.1 Å². The minimum Gasteiger partial charge on any atom is -0.378 e. The van der Waals surface area contributed by atoms with Crippen LogP contribution in [0.4, 0.5) is 0 Å². The lowest BCUT2D eigenvalue weighted by molar-refractivity contribution is 0.0263. The molecule has 23 heavy (non-hydrogen) atoms. The molecule has 2 heterocycles. The molecule has 1 atom stereocenters. The first-order chi connectivity index (χ1) is 11.2. The molecule has 0 bridgehead atoms. The zero-order valence-electron chi connectivity index (χ0n) is 14.8. The summed E-state index contributed by atoms with van der Waals surface area (Å²) in [6, 6.07) is 4.68. The van der Waals surface area contributed by atoms with E-state index in [4.69, 9.17) is 4.74 Å². The van der Waals surface area contributed by atoms with E-state index in [2.05, 4.69) is 58.6 Å². The molecule has 1 unspecified atom stereocenters. The van der Waals surface area contributed by atoms with Crippen molar-refractivity contribution in [3.63, 3.8) is 0 Å². The van der Waals surface area contributed by atoms with Gasteiger partial charge in [0.05, 0.1) is 12.1 Å². The van der Waals surface area contributed by atoms with Crippen molar-refractivity contribution >= 4 is 17.3 Å². The second-order valence-electron chi connectivity index (χ2n) is 6.06. The fourth-order valence-electron chi connectivity index (χ4n) is 3.01. The van der Waals surface area contributed by atoms with Crippen molar-refractivity contribution in [3.8, 4) is 0 Å². The molecular formula is C17H30N4OS. The molecule has 1 aliphatic rings. The second kappa shape index (κ2) is 9.25. The maximum absolute atomic E-state index is 5.73.